The summed E-state index contributed by atoms with van der Waals surface area (Å²) in [5, 5.41) is 0.453. The SMILES string of the molecule is CCCC(C)CC(=O)c1ccc(N)c(Cl)c1. The van der Waals surface area contributed by atoms with Gasteiger partial charge in [-0.25, -0.2) is 0 Å². The van der Waals surface area contributed by atoms with Gasteiger partial charge in [0.1, 0.15) is 0 Å². The van der Waals surface area contributed by atoms with Crippen LogP contribution >= 0.6 is 11.6 Å². The second kappa shape index (κ2) is 5.90. The molecule has 2 nitrogen and oxygen atoms in total. The van der Waals surface area contributed by atoms with Crippen LogP contribution in [0.2, 0.25) is 5.02 Å². The van der Waals surface area contributed by atoms with Crippen molar-refractivity contribution in [3.63, 3.8) is 0 Å². The van der Waals surface area contributed by atoms with E-state index in [4.69, 9.17) is 17.3 Å². The summed E-state index contributed by atoms with van der Waals surface area (Å²) < 4.78 is 0. The zero-order chi connectivity index (χ0) is 12.1. The number of carbonyl (C=O) groups is 1. The van der Waals surface area contributed by atoms with Crippen molar-refractivity contribution in [1.29, 1.82) is 0 Å². The Bertz CT molecular complexity index is 376. The van der Waals surface area contributed by atoms with E-state index in [9.17, 15) is 4.79 Å². The lowest BCUT2D eigenvalue weighted by Gasteiger charge is -2.09. The van der Waals surface area contributed by atoms with E-state index in [0.29, 0.717) is 28.6 Å². The zero-order valence-electron chi connectivity index (χ0n) is 9.79. The minimum atomic E-state index is 0.142. The number of anilines is 1. The summed E-state index contributed by atoms with van der Waals surface area (Å²) in [6, 6.07) is 5.07. The fourth-order valence-corrected chi connectivity index (χ4v) is 1.91. The molecule has 0 heterocycles. The molecule has 0 saturated carbocycles. The average molecular weight is 240 g/mol. The first kappa shape index (κ1) is 13.0. The van der Waals surface area contributed by atoms with E-state index in [1.165, 1.54) is 0 Å². The van der Waals surface area contributed by atoms with Crippen molar-refractivity contribution in [2.45, 2.75) is 33.1 Å². The molecule has 1 unspecified atom stereocenters. The Kier molecular flexibility index (Phi) is 4.81. The van der Waals surface area contributed by atoms with Gasteiger partial charge in [-0.05, 0) is 24.1 Å². The molecule has 88 valence electrons. The Morgan fingerprint density at radius 2 is 2.19 bits per heavy atom. The fraction of sp³-hybridized carbons (Fsp3) is 0.462. The molecule has 0 bridgehead atoms. The maximum atomic E-state index is 11.9. The molecule has 0 spiro atoms. The van der Waals surface area contributed by atoms with Crippen LogP contribution in [-0.4, -0.2) is 5.78 Å². The van der Waals surface area contributed by atoms with Gasteiger partial charge in [-0.15, -0.1) is 0 Å². The molecule has 16 heavy (non-hydrogen) atoms. The van der Waals surface area contributed by atoms with Crippen LogP contribution in [0.25, 0.3) is 0 Å². The lowest BCUT2D eigenvalue weighted by Crippen LogP contribution is -2.06. The van der Waals surface area contributed by atoms with Gasteiger partial charge >= 0.3 is 0 Å². The second-order valence-corrected chi connectivity index (χ2v) is 4.66. The van der Waals surface area contributed by atoms with Gasteiger partial charge in [0.05, 0.1) is 10.7 Å². The van der Waals surface area contributed by atoms with Gasteiger partial charge in [-0.3, -0.25) is 4.79 Å². The number of carbonyl (C=O) groups excluding carboxylic acids is 1. The monoisotopic (exact) mass is 239 g/mol. The van der Waals surface area contributed by atoms with Crippen molar-refractivity contribution in [1.82, 2.24) is 0 Å². The highest BCUT2D eigenvalue weighted by atomic mass is 35.5. The molecule has 0 aromatic heterocycles. The predicted molar refractivity (Wildman–Crippen MR) is 68.9 cm³/mol. The normalized spacial score (nSPS) is 12.4. The number of halogens is 1. The van der Waals surface area contributed by atoms with Crippen LogP contribution in [-0.2, 0) is 0 Å². The van der Waals surface area contributed by atoms with Crippen LogP contribution in [0.5, 0.6) is 0 Å². The Morgan fingerprint density at radius 3 is 2.75 bits per heavy atom. The highest BCUT2D eigenvalue weighted by Crippen LogP contribution is 2.22. The number of hydrogen-bond acceptors (Lipinski definition) is 2. The summed E-state index contributed by atoms with van der Waals surface area (Å²) in [6.07, 6.45) is 2.76. The third kappa shape index (κ3) is 3.53. The summed E-state index contributed by atoms with van der Waals surface area (Å²) in [4.78, 5) is 11.9. The first-order valence-corrected chi connectivity index (χ1v) is 6.00. The van der Waals surface area contributed by atoms with Gasteiger partial charge in [0.2, 0.25) is 0 Å². The predicted octanol–water partition coefficient (Wildman–Crippen LogP) is 3.93. The quantitative estimate of drug-likeness (QED) is 0.625. The lowest BCUT2D eigenvalue weighted by atomic mass is 9.96. The summed E-state index contributed by atoms with van der Waals surface area (Å²) >= 11 is 5.88. The fourth-order valence-electron chi connectivity index (χ4n) is 1.73. The average Bonchev–Trinajstić information content (AvgIpc) is 2.22. The molecule has 0 fully saturated rings. The molecule has 2 N–H and O–H groups in total. The van der Waals surface area contributed by atoms with Crippen LogP contribution in [0, 0.1) is 5.92 Å². The molecule has 1 atom stereocenters. The van der Waals surface area contributed by atoms with Gasteiger partial charge in [0.25, 0.3) is 0 Å². The van der Waals surface area contributed by atoms with Gasteiger partial charge < -0.3 is 5.73 Å². The molecular formula is C13H18ClNO. The Morgan fingerprint density at radius 1 is 1.50 bits per heavy atom. The molecular weight excluding hydrogens is 222 g/mol. The summed E-state index contributed by atoms with van der Waals surface area (Å²) in [6.45, 7) is 4.22. The van der Waals surface area contributed by atoms with E-state index in [0.717, 1.165) is 12.8 Å². The molecule has 0 amide bonds. The van der Waals surface area contributed by atoms with Crippen molar-refractivity contribution in [3.05, 3.63) is 28.8 Å². The molecule has 0 radical (unpaired) electrons. The van der Waals surface area contributed by atoms with E-state index in [1.807, 2.05) is 0 Å². The number of ketones is 1. The van der Waals surface area contributed by atoms with Crippen LogP contribution in [0.4, 0.5) is 5.69 Å². The molecule has 1 rings (SSSR count). The van der Waals surface area contributed by atoms with E-state index in [1.54, 1.807) is 18.2 Å². The Hall–Kier alpha value is -1.02. The molecule has 0 aliphatic rings. The van der Waals surface area contributed by atoms with Crippen LogP contribution in [0.15, 0.2) is 18.2 Å². The van der Waals surface area contributed by atoms with Gasteiger partial charge in [-0.1, -0.05) is 38.3 Å². The molecule has 1 aromatic rings. The molecule has 0 aliphatic heterocycles. The Balaban J connectivity index is 2.69. The number of nitrogens with two attached hydrogens (primary N) is 1. The minimum absolute atomic E-state index is 0.142. The van der Waals surface area contributed by atoms with Crippen LogP contribution in [0.1, 0.15) is 43.5 Å². The number of rotatable bonds is 5. The summed E-state index contributed by atoms with van der Waals surface area (Å²) in [7, 11) is 0. The minimum Gasteiger partial charge on any atom is -0.398 e. The van der Waals surface area contributed by atoms with Gasteiger partial charge in [-0.2, -0.15) is 0 Å². The standard InChI is InChI=1S/C13H18ClNO/c1-3-4-9(2)7-13(16)10-5-6-12(15)11(14)8-10/h5-6,8-9H,3-4,7,15H2,1-2H3. The van der Waals surface area contributed by atoms with E-state index in [-0.39, 0.29) is 5.78 Å². The molecule has 0 aliphatic carbocycles. The van der Waals surface area contributed by atoms with Crippen molar-refractivity contribution in [2.75, 3.05) is 5.73 Å². The number of Topliss-reactive ketones (excluding diaryl/α,β-unsaturated/α-hetero) is 1. The number of hydrogen-bond donors (Lipinski definition) is 1. The van der Waals surface area contributed by atoms with Crippen molar-refractivity contribution in [3.8, 4) is 0 Å². The first-order valence-electron chi connectivity index (χ1n) is 5.62. The van der Waals surface area contributed by atoms with Crippen molar-refractivity contribution >= 4 is 23.1 Å². The smallest absolute Gasteiger partial charge is 0.163 e. The summed E-state index contributed by atoms with van der Waals surface area (Å²) in [5.74, 6) is 0.566. The largest absolute Gasteiger partial charge is 0.398 e. The maximum Gasteiger partial charge on any atom is 0.163 e. The Labute approximate surface area is 102 Å². The number of nitrogen functional groups attached to an aromatic ring is 1. The summed E-state index contributed by atoms with van der Waals surface area (Å²) in [5.41, 5.74) is 6.76. The highest BCUT2D eigenvalue weighted by molar-refractivity contribution is 6.33. The van der Waals surface area contributed by atoms with E-state index >= 15 is 0 Å². The van der Waals surface area contributed by atoms with Crippen molar-refractivity contribution < 1.29 is 4.79 Å². The molecule has 3 heteroatoms. The van der Waals surface area contributed by atoms with E-state index < -0.39 is 0 Å². The van der Waals surface area contributed by atoms with Crippen LogP contribution < -0.4 is 5.73 Å². The van der Waals surface area contributed by atoms with Gasteiger partial charge in [0.15, 0.2) is 5.78 Å². The third-order valence-electron chi connectivity index (χ3n) is 2.64. The van der Waals surface area contributed by atoms with Crippen LogP contribution in [0.3, 0.4) is 0 Å². The van der Waals surface area contributed by atoms with Gasteiger partial charge in [0, 0.05) is 12.0 Å². The van der Waals surface area contributed by atoms with E-state index in [2.05, 4.69) is 13.8 Å². The number of benzene rings is 1. The lowest BCUT2D eigenvalue weighted by molar-refractivity contribution is 0.0962. The third-order valence-corrected chi connectivity index (χ3v) is 2.97. The maximum absolute atomic E-state index is 11.9. The second-order valence-electron chi connectivity index (χ2n) is 4.26. The molecule has 0 saturated heterocycles. The first-order chi connectivity index (χ1) is 7.54. The topological polar surface area (TPSA) is 43.1 Å². The zero-order valence-corrected chi connectivity index (χ0v) is 10.6. The van der Waals surface area contributed by atoms with Crippen molar-refractivity contribution in [2.24, 2.45) is 5.92 Å². The highest BCUT2D eigenvalue weighted by Gasteiger charge is 2.11. The molecule has 1 aromatic carbocycles.